The molecule has 2 aromatic carbocycles. The molecular formula is C20H21ClN2O5. The summed E-state index contributed by atoms with van der Waals surface area (Å²) in [4.78, 5) is 23.6. The number of ether oxygens (including phenoxy) is 3. The summed E-state index contributed by atoms with van der Waals surface area (Å²) in [6, 6.07) is 10.3. The lowest BCUT2D eigenvalue weighted by Crippen LogP contribution is -2.43. The lowest BCUT2D eigenvalue weighted by Gasteiger charge is -2.10. The topological polar surface area (TPSA) is 85.9 Å². The third-order valence-corrected chi connectivity index (χ3v) is 3.89. The molecule has 0 atom stereocenters. The molecule has 2 N–H and O–H groups in total. The van der Waals surface area contributed by atoms with Crippen LogP contribution in [-0.2, 0) is 9.59 Å². The average Bonchev–Trinajstić information content (AvgIpc) is 2.69. The summed E-state index contributed by atoms with van der Waals surface area (Å²) in [5.41, 5.74) is 6.10. The molecule has 0 unspecified atom stereocenters. The van der Waals surface area contributed by atoms with Crippen molar-refractivity contribution in [3.63, 3.8) is 0 Å². The first-order chi connectivity index (χ1) is 13.4. The largest absolute Gasteiger partial charge is 0.493 e. The van der Waals surface area contributed by atoms with Crippen molar-refractivity contribution < 1.29 is 23.8 Å². The normalized spacial score (nSPS) is 10.4. The molecule has 0 bridgehead atoms. The van der Waals surface area contributed by atoms with Crippen LogP contribution in [0.25, 0.3) is 6.08 Å². The highest BCUT2D eigenvalue weighted by atomic mass is 35.5. The van der Waals surface area contributed by atoms with Crippen LogP contribution in [0.3, 0.4) is 0 Å². The number of amides is 2. The standard InChI is InChI=1S/C20H21ClN2O5/c1-13-10-15(21)6-8-16(13)28-12-20(25)23-22-19(24)9-5-14-4-7-17(26-2)18(11-14)27-3/h4-11H,12H2,1-3H3,(H,22,24)(H,23,25). The number of rotatable bonds is 7. The van der Waals surface area contributed by atoms with E-state index in [-0.39, 0.29) is 6.61 Å². The SMILES string of the molecule is COc1ccc(C=CC(=O)NNC(=O)COc2ccc(Cl)cc2C)cc1OC. The Kier molecular flexibility index (Phi) is 7.71. The fourth-order valence-electron chi connectivity index (χ4n) is 2.26. The first kappa shape index (κ1) is 21.1. The van der Waals surface area contributed by atoms with E-state index in [0.29, 0.717) is 22.3 Å². The lowest BCUT2D eigenvalue weighted by atomic mass is 10.2. The van der Waals surface area contributed by atoms with Crippen molar-refractivity contribution in [2.24, 2.45) is 0 Å². The Morgan fingerprint density at radius 2 is 1.71 bits per heavy atom. The highest BCUT2D eigenvalue weighted by molar-refractivity contribution is 6.30. The zero-order chi connectivity index (χ0) is 20.5. The number of benzene rings is 2. The fourth-order valence-corrected chi connectivity index (χ4v) is 2.48. The summed E-state index contributed by atoms with van der Waals surface area (Å²) in [6.07, 6.45) is 2.86. The van der Waals surface area contributed by atoms with Gasteiger partial charge in [-0.1, -0.05) is 17.7 Å². The maximum absolute atomic E-state index is 11.8. The van der Waals surface area contributed by atoms with E-state index in [1.807, 2.05) is 6.92 Å². The second-order valence-electron chi connectivity index (χ2n) is 5.68. The number of aryl methyl sites for hydroxylation is 1. The van der Waals surface area contributed by atoms with Crippen LogP contribution in [-0.4, -0.2) is 32.6 Å². The van der Waals surface area contributed by atoms with Crippen molar-refractivity contribution in [2.75, 3.05) is 20.8 Å². The van der Waals surface area contributed by atoms with E-state index in [4.69, 9.17) is 25.8 Å². The van der Waals surface area contributed by atoms with Gasteiger partial charge in [0.25, 0.3) is 11.8 Å². The van der Waals surface area contributed by atoms with Crippen LogP contribution in [0.2, 0.25) is 5.02 Å². The second kappa shape index (κ2) is 10.2. The number of hydrogen-bond donors (Lipinski definition) is 2. The third kappa shape index (κ3) is 6.21. The number of hydrogen-bond acceptors (Lipinski definition) is 5. The van der Waals surface area contributed by atoms with Crippen molar-refractivity contribution >= 4 is 29.5 Å². The molecule has 0 saturated heterocycles. The summed E-state index contributed by atoms with van der Waals surface area (Å²) in [5.74, 6) is 0.688. The highest BCUT2D eigenvalue weighted by Crippen LogP contribution is 2.27. The Labute approximate surface area is 168 Å². The highest BCUT2D eigenvalue weighted by Gasteiger charge is 2.07. The molecule has 0 aromatic heterocycles. The molecule has 0 radical (unpaired) electrons. The molecule has 8 heteroatoms. The quantitative estimate of drug-likeness (QED) is 0.547. The Morgan fingerprint density at radius 1 is 1.00 bits per heavy atom. The zero-order valence-corrected chi connectivity index (χ0v) is 16.5. The number of halogens is 1. The predicted molar refractivity (Wildman–Crippen MR) is 107 cm³/mol. The Hall–Kier alpha value is -3.19. The smallest absolute Gasteiger partial charge is 0.276 e. The van der Waals surface area contributed by atoms with Gasteiger partial charge in [0.2, 0.25) is 0 Å². The van der Waals surface area contributed by atoms with Gasteiger partial charge in [-0.15, -0.1) is 0 Å². The van der Waals surface area contributed by atoms with E-state index in [1.54, 1.807) is 49.6 Å². The summed E-state index contributed by atoms with van der Waals surface area (Å²) in [7, 11) is 3.07. The molecule has 0 saturated carbocycles. The van der Waals surface area contributed by atoms with Gasteiger partial charge < -0.3 is 14.2 Å². The second-order valence-corrected chi connectivity index (χ2v) is 6.12. The number of hydrazine groups is 1. The minimum absolute atomic E-state index is 0.248. The van der Waals surface area contributed by atoms with E-state index < -0.39 is 11.8 Å². The molecule has 148 valence electrons. The van der Waals surface area contributed by atoms with Gasteiger partial charge >= 0.3 is 0 Å². The van der Waals surface area contributed by atoms with Gasteiger partial charge in [-0.3, -0.25) is 20.4 Å². The minimum atomic E-state index is -0.498. The number of nitrogens with one attached hydrogen (secondary N) is 2. The molecular weight excluding hydrogens is 384 g/mol. The van der Waals surface area contributed by atoms with E-state index in [0.717, 1.165) is 11.1 Å². The molecule has 0 aliphatic carbocycles. The molecule has 28 heavy (non-hydrogen) atoms. The number of carbonyl (C=O) groups excluding carboxylic acids is 2. The van der Waals surface area contributed by atoms with Crippen molar-refractivity contribution in [1.29, 1.82) is 0 Å². The van der Waals surface area contributed by atoms with Crippen molar-refractivity contribution in [3.05, 3.63) is 58.6 Å². The lowest BCUT2D eigenvalue weighted by molar-refractivity contribution is -0.128. The van der Waals surface area contributed by atoms with Crippen molar-refractivity contribution in [3.8, 4) is 17.2 Å². The van der Waals surface area contributed by atoms with Gasteiger partial charge in [0.1, 0.15) is 5.75 Å². The first-order valence-corrected chi connectivity index (χ1v) is 8.68. The Balaban J connectivity index is 1.81. The van der Waals surface area contributed by atoms with Gasteiger partial charge in [0.05, 0.1) is 14.2 Å². The maximum Gasteiger partial charge on any atom is 0.276 e. The molecule has 0 aliphatic heterocycles. The summed E-state index contributed by atoms with van der Waals surface area (Å²) in [5, 5.41) is 0.586. The molecule has 2 amide bonds. The average molecular weight is 405 g/mol. The first-order valence-electron chi connectivity index (χ1n) is 8.31. The molecule has 0 fully saturated rings. The van der Waals surface area contributed by atoms with Crippen LogP contribution in [0, 0.1) is 6.92 Å². The van der Waals surface area contributed by atoms with Crippen LogP contribution in [0.5, 0.6) is 17.2 Å². The summed E-state index contributed by atoms with van der Waals surface area (Å²) < 4.78 is 15.8. The zero-order valence-electron chi connectivity index (χ0n) is 15.7. The van der Waals surface area contributed by atoms with Crippen LogP contribution in [0.1, 0.15) is 11.1 Å². The van der Waals surface area contributed by atoms with Gasteiger partial charge in [-0.25, -0.2) is 0 Å². The van der Waals surface area contributed by atoms with E-state index in [2.05, 4.69) is 10.9 Å². The van der Waals surface area contributed by atoms with Crippen molar-refractivity contribution in [1.82, 2.24) is 10.9 Å². The van der Waals surface area contributed by atoms with Gasteiger partial charge in [-0.05, 0) is 54.5 Å². The molecule has 0 aliphatic rings. The molecule has 7 nitrogen and oxygen atoms in total. The van der Waals surface area contributed by atoms with Crippen LogP contribution in [0.4, 0.5) is 0 Å². The summed E-state index contributed by atoms with van der Waals surface area (Å²) >= 11 is 5.87. The van der Waals surface area contributed by atoms with Crippen molar-refractivity contribution in [2.45, 2.75) is 6.92 Å². The summed E-state index contributed by atoms with van der Waals surface area (Å²) in [6.45, 7) is 1.57. The molecule has 0 heterocycles. The predicted octanol–water partition coefficient (Wildman–Crippen LogP) is 2.91. The fraction of sp³-hybridized carbons (Fsp3) is 0.200. The van der Waals surface area contributed by atoms with Crippen LogP contribution in [0.15, 0.2) is 42.5 Å². The van der Waals surface area contributed by atoms with Gasteiger partial charge in [-0.2, -0.15) is 0 Å². The van der Waals surface area contributed by atoms with Crippen LogP contribution >= 0.6 is 11.6 Å². The maximum atomic E-state index is 11.8. The number of methoxy groups -OCH3 is 2. The van der Waals surface area contributed by atoms with Crippen LogP contribution < -0.4 is 25.1 Å². The monoisotopic (exact) mass is 404 g/mol. The number of carbonyl (C=O) groups is 2. The Bertz CT molecular complexity index is 883. The molecule has 0 spiro atoms. The van der Waals surface area contributed by atoms with E-state index in [1.165, 1.54) is 13.2 Å². The van der Waals surface area contributed by atoms with E-state index in [9.17, 15) is 9.59 Å². The van der Waals surface area contributed by atoms with Gasteiger partial charge in [0.15, 0.2) is 18.1 Å². The van der Waals surface area contributed by atoms with Gasteiger partial charge in [0, 0.05) is 11.1 Å². The molecule has 2 rings (SSSR count). The molecule has 2 aromatic rings. The third-order valence-electron chi connectivity index (χ3n) is 3.66. The Morgan fingerprint density at radius 3 is 2.39 bits per heavy atom. The van der Waals surface area contributed by atoms with E-state index >= 15 is 0 Å². The minimum Gasteiger partial charge on any atom is -0.493 e.